The standard InChI is InChI=1S/C12H25N3O/c1-9(2)11(14-3)12(16)15-6-4-10(8-13)5-7-15/h9-11,14H,4-8,13H2,1-3H3/t11-/m1/s1. The van der Waals surface area contributed by atoms with E-state index in [1.807, 2.05) is 11.9 Å². The number of likely N-dealkylation sites (tertiary alicyclic amines) is 1. The Hall–Kier alpha value is -0.610. The van der Waals surface area contributed by atoms with Gasteiger partial charge in [0, 0.05) is 13.1 Å². The number of piperidine rings is 1. The summed E-state index contributed by atoms with van der Waals surface area (Å²) in [5.74, 6) is 1.19. The van der Waals surface area contributed by atoms with Gasteiger partial charge in [0.1, 0.15) is 0 Å². The molecule has 0 unspecified atom stereocenters. The normalized spacial score (nSPS) is 20.2. The molecule has 94 valence electrons. The maximum absolute atomic E-state index is 12.2. The van der Waals surface area contributed by atoms with E-state index in [9.17, 15) is 4.79 Å². The smallest absolute Gasteiger partial charge is 0.239 e. The number of hydrogen-bond acceptors (Lipinski definition) is 3. The SMILES string of the molecule is CN[C@@H](C(=O)N1CCC(CN)CC1)C(C)C. The van der Waals surface area contributed by atoms with Gasteiger partial charge in [-0.05, 0) is 38.3 Å². The minimum Gasteiger partial charge on any atom is -0.341 e. The van der Waals surface area contributed by atoms with Gasteiger partial charge >= 0.3 is 0 Å². The van der Waals surface area contributed by atoms with Crippen molar-refractivity contribution in [2.24, 2.45) is 17.6 Å². The summed E-state index contributed by atoms with van der Waals surface area (Å²) < 4.78 is 0. The van der Waals surface area contributed by atoms with Gasteiger partial charge in [0.2, 0.25) is 5.91 Å². The van der Waals surface area contributed by atoms with Crippen LogP contribution in [0, 0.1) is 11.8 Å². The molecule has 0 aromatic rings. The summed E-state index contributed by atoms with van der Waals surface area (Å²) in [4.78, 5) is 14.2. The fourth-order valence-electron chi connectivity index (χ4n) is 2.33. The van der Waals surface area contributed by atoms with Gasteiger partial charge in [0.05, 0.1) is 6.04 Å². The summed E-state index contributed by atoms with van der Waals surface area (Å²) in [7, 11) is 1.86. The van der Waals surface area contributed by atoms with Crippen molar-refractivity contribution in [3.8, 4) is 0 Å². The highest BCUT2D eigenvalue weighted by molar-refractivity contribution is 5.82. The van der Waals surface area contributed by atoms with Crippen LogP contribution in [0.5, 0.6) is 0 Å². The third kappa shape index (κ3) is 3.19. The Bertz CT molecular complexity index is 222. The van der Waals surface area contributed by atoms with Crippen molar-refractivity contribution >= 4 is 5.91 Å². The monoisotopic (exact) mass is 227 g/mol. The summed E-state index contributed by atoms with van der Waals surface area (Å²) in [6, 6.07) is -0.0468. The number of rotatable bonds is 4. The second-order valence-corrected chi connectivity index (χ2v) is 5.01. The molecule has 16 heavy (non-hydrogen) atoms. The zero-order chi connectivity index (χ0) is 12.1. The van der Waals surface area contributed by atoms with E-state index >= 15 is 0 Å². The van der Waals surface area contributed by atoms with Crippen molar-refractivity contribution in [1.82, 2.24) is 10.2 Å². The van der Waals surface area contributed by atoms with Crippen LogP contribution in [-0.2, 0) is 4.79 Å². The maximum Gasteiger partial charge on any atom is 0.239 e. The maximum atomic E-state index is 12.2. The zero-order valence-corrected chi connectivity index (χ0v) is 10.7. The van der Waals surface area contributed by atoms with E-state index in [-0.39, 0.29) is 11.9 Å². The van der Waals surface area contributed by atoms with Crippen molar-refractivity contribution in [3.05, 3.63) is 0 Å². The average Bonchev–Trinajstić information content (AvgIpc) is 2.29. The van der Waals surface area contributed by atoms with Gasteiger partial charge < -0.3 is 16.0 Å². The van der Waals surface area contributed by atoms with Crippen LogP contribution in [0.1, 0.15) is 26.7 Å². The minimum atomic E-state index is -0.0468. The van der Waals surface area contributed by atoms with Gasteiger partial charge in [-0.2, -0.15) is 0 Å². The quantitative estimate of drug-likeness (QED) is 0.732. The second-order valence-electron chi connectivity index (χ2n) is 5.01. The van der Waals surface area contributed by atoms with Crippen LogP contribution in [0.3, 0.4) is 0 Å². The molecule has 0 saturated carbocycles. The molecule has 0 aromatic carbocycles. The lowest BCUT2D eigenvalue weighted by Gasteiger charge is -2.34. The van der Waals surface area contributed by atoms with Crippen molar-refractivity contribution in [1.29, 1.82) is 0 Å². The topological polar surface area (TPSA) is 58.4 Å². The Morgan fingerprint density at radius 3 is 2.38 bits per heavy atom. The Morgan fingerprint density at radius 1 is 1.44 bits per heavy atom. The van der Waals surface area contributed by atoms with E-state index in [1.165, 1.54) is 0 Å². The molecule has 0 radical (unpaired) electrons. The Balaban J connectivity index is 2.49. The predicted octanol–water partition coefficient (Wildman–Crippen LogP) is 0.428. The van der Waals surface area contributed by atoms with Crippen molar-refractivity contribution in [2.75, 3.05) is 26.7 Å². The average molecular weight is 227 g/mol. The van der Waals surface area contributed by atoms with E-state index in [2.05, 4.69) is 19.2 Å². The summed E-state index contributed by atoms with van der Waals surface area (Å²) in [6.07, 6.45) is 2.10. The first kappa shape index (κ1) is 13.5. The van der Waals surface area contributed by atoms with Crippen molar-refractivity contribution < 1.29 is 4.79 Å². The van der Waals surface area contributed by atoms with Crippen molar-refractivity contribution in [2.45, 2.75) is 32.7 Å². The summed E-state index contributed by atoms with van der Waals surface area (Å²) in [6.45, 7) is 6.64. The molecule has 4 heteroatoms. The molecule has 4 nitrogen and oxygen atoms in total. The number of likely N-dealkylation sites (N-methyl/N-ethyl adjacent to an activating group) is 1. The third-order valence-electron chi connectivity index (χ3n) is 3.50. The Labute approximate surface area is 98.6 Å². The summed E-state index contributed by atoms with van der Waals surface area (Å²) in [5.41, 5.74) is 5.64. The highest BCUT2D eigenvalue weighted by Gasteiger charge is 2.28. The molecule has 1 amide bonds. The molecule has 1 saturated heterocycles. The van der Waals surface area contributed by atoms with Gasteiger partial charge in [0.15, 0.2) is 0 Å². The van der Waals surface area contributed by atoms with Crippen LogP contribution in [0.15, 0.2) is 0 Å². The van der Waals surface area contributed by atoms with E-state index < -0.39 is 0 Å². The first-order chi connectivity index (χ1) is 7.60. The number of hydrogen-bond donors (Lipinski definition) is 2. The molecular formula is C12H25N3O. The van der Waals surface area contributed by atoms with Gasteiger partial charge in [-0.25, -0.2) is 0 Å². The van der Waals surface area contributed by atoms with Gasteiger partial charge in [-0.3, -0.25) is 4.79 Å². The first-order valence-corrected chi connectivity index (χ1v) is 6.26. The van der Waals surface area contributed by atoms with Crippen LogP contribution in [0.2, 0.25) is 0 Å². The molecule has 1 fully saturated rings. The molecule has 0 bridgehead atoms. The van der Waals surface area contributed by atoms with E-state index in [1.54, 1.807) is 0 Å². The van der Waals surface area contributed by atoms with E-state index in [0.717, 1.165) is 32.5 Å². The van der Waals surface area contributed by atoms with Gasteiger partial charge in [-0.1, -0.05) is 13.8 Å². The highest BCUT2D eigenvalue weighted by Crippen LogP contribution is 2.17. The van der Waals surface area contributed by atoms with Crippen LogP contribution in [0.25, 0.3) is 0 Å². The molecule has 1 rings (SSSR count). The molecule has 0 aliphatic carbocycles. The zero-order valence-electron chi connectivity index (χ0n) is 10.7. The number of carbonyl (C=O) groups is 1. The highest BCUT2D eigenvalue weighted by atomic mass is 16.2. The fourth-order valence-corrected chi connectivity index (χ4v) is 2.33. The summed E-state index contributed by atoms with van der Waals surface area (Å²) in [5, 5.41) is 3.11. The predicted molar refractivity (Wildman–Crippen MR) is 66.0 cm³/mol. The Kier molecular flexibility index (Phi) is 5.22. The molecule has 1 heterocycles. The van der Waals surface area contributed by atoms with Crippen molar-refractivity contribution in [3.63, 3.8) is 0 Å². The van der Waals surface area contributed by atoms with Gasteiger partial charge in [0.25, 0.3) is 0 Å². The first-order valence-electron chi connectivity index (χ1n) is 6.26. The van der Waals surface area contributed by atoms with E-state index in [0.29, 0.717) is 11.8 Å². The minimum absolute atomic E-state index is 0.0468. The lowest BCUT2D eigenvalue weighted by molar-refractivity contribution is -0.135. The number of amides is 1. The molecule has 3 N–H and O–H groups in total. The lowest BCUT2D eigenvalue weighted by Crippen LogP contribution is -2.50. The molecule has 0 aromatic heterocycles. The number of carbonyl (C=O) groups excluding carboxylic acids is 1. The van der Waals surface area contributed by atoms with Crippen LogP contribution in [0.4, 0.5) is 0 Å². The Morgan fingerprint density at radius 2 is 2.00 bits per heavy atom. The fraction of sp³-hybridized carbons (Fsp3) is 0.917. The van der Waals surface area contributed by atoms with Crippen LogP contribution in [-0.4, -0.2) is 43.5 Å². The molecule has 1 atom stereocenters. The largest absolute Gasteiger partial charge is 0.341 e. The van der Waals surface area contributed by atoms with Gasteiger partial charge in [-0.15, -0.1) is 0 Å². The van der Waals surface area contributed by atoms with Crippen LogP contribution >= 0.6 is 0 Å². The number of nitrogens with one attached hydrogen (secondary N) is 1. The second kappa shape index (κ2) is 6.21. The third-order valence-corrected chi connectivity index (χ3v) is 3.50. The van der Waals surface area contributed by atoms with E-state index in [4.69, 9.17) is 5.73 Å². The lowest BCUT2D eigenvalue weighted by atomic mass is 9.95. The number of nitrogens with two attached hydrogens (primary N) is 1. The van der Waals surface area contributed by atoms with Crippen LogP contribution < -0.4 is 11.1 Å². The molecule has 1 aliphatic rings. The number of nitrogens with zero attached hydrogens (tertiary/aromatic N) is 1. The molecular weight excluding hydrogens is 202 g/mol. The summed E-state index contributed by atoms with van der Waals surface area (Å²) >= 11 is 0. The molecule has 0 spiro atoms. The molecule has 1 aliphatic heterocycles.